The van der Waals surface area contributed by atoms with Crippen molar-refractivity contribution in [2.75, 3.05) is 0 Å². The summed E-state index contributed by atoms with van der Waals surface area (Å²) in [4.78, 5) is 22.5. The molecule has 18 heavy (non-hydrogen) atoms. The molecule has 0 N–H and O–H groups in total. The van der Waals surface area contributed by atoms with Crippen LogP contribution in [0.5, 0.6) is 0 Å². The van der Waals surface area contributed by atoms with Crippen LogP contribution in [-0.4, -0.2) is 11.6 Å². The molecule has 2 unspecified atom stereocenters. The van der Waals surface area contributed by atoms with E-state index >= 15 is 0 Å². The van der Waals surface area contributed by atoms with Crippen molar-refractivity contribution in [2.24, 2.45) is 11.8 Å². The van der Waals surface area contributed by atoms with Gasteiger partial charge in [-0.15, -0.1) is 0 Å². The third kappa shape index (κ3) is 9.38. The van der Waals surface area contributed by atoms with Crippen molar-refractivity contribution in [3.63, 3.8) is 0 Å². The van der Waals surface area contributed by atoms with Crippen molar-refractivity contribution < 1.29 is 9.59 Å². The molecular formula is C16H30O2. The van der Waals surface area contributed by atoms with Gasteiger partial charge < -0.3 is 4.79 Å². The van der Waals surface area contributed by atoms with E-state index in [1.807, 2.05) is 0 Å². The maximum absolute atomic E-state index is 11.5. The van der Waals surface area contributed by atoms with Crippen LogP contribution >= 0.6 is 0 Å². The summed E-state index contributed by atoms with van der Waals surface area (Å²) < 4.78 is 0. The average molecular weight is 254 g/mol. The number of ketones is 2. The van der Waals surface area contributed by atoms with E-state index in [0.717, 1.165) is 44.9 Å². The van der Waals surface area contributed by atoms with Crippen LogP contribution in [0, 0.1) is 11.8 Å². The largest absolute Gasteiger partial charge is 0.300 e. The zero-order valence-corrected chi connectivity index (χ0v) is 12.6. The first-order chi connectivity index (χ1) is 8.47. The maximum atomic E-state index is 11.5. The Morgan fingerprint density at radius 3 is 2.00 bits per heavy atom. The van der Waals surface area contributed by atoms with E-state index in [-0.39, 0.29) is 5.78 Å². The number of hydrogen-bond donors (Lipinski definition) is 0. The molecule has 0 aliphatic heterocycles. The lowest BCUT2D eigenvalue weighted by Crippen LogP contribution is -2.10. The number of carbonyl (C=O) groups is 2. The monoisotopic (exact) mass is 254 g/mol. The molecule has 0 fully saturated rings. The molecule has 0 aromatic rings. The molecule has 0 radical (unpaired) electrons. The second-order valence-electron chi connectivity index (χ2n) is 5.73. The lowest BCUT2D eigenvalue weighted by Gasteiger charge is -2.19. The van der Waals surface area contributed by atoms with Crippen LogP contribution in [0.3, 0.4) is 0 Å². The average Bonchev–Trinajstić information content (AvgIpc) is 2.33. The van der Waals surface area contributed by atoms with Gasteiger partial charge >= 0.3 is 0 Å². The smallest absolute Gasteiger partial charge is 0.132 e. The molecule has 106 valence electrons. The van der Waals surface area contributed by atoms with Gasteiger partial charge in [0.25, 0.3) is 0 Å². The minimum absolute atomic E-state index is 0.281. The Bertz CT molecular complexity index is 245. The van der Waals surface area contributed by atoms with E-state index in [2.05, 4.69) is 20.8 Å². The number of hydrogen-bond acceptors (Lipinski definition) is 2. The zero-order chi connectivity index (χ0) is 14.0. The third-order valence-electron chi connectivity index (χ3n) is 3.85. The summed E-state index contributed by atoms with van der Waals surface area (Å²) in [6.07, 6.45) is 7.43. The van der Waals surface area contributed by atoms with Gasteiger partial charge in [0.15, 0.2) is 0 Å². The second-order valence-corrected chi connectivity index (χ2v) is 5.73. The molecule has 2 heteroatoms. The van der Waals surface area contributed by atoms with Crippen molar-refractivity contribution in [1.82, 2.24) is 0 Å². The minimum atomic E-state index is 0.281. The van der Waals surface area contributed by atoms with Crippen LogP contribution in [0.1, 0.15) is 79.1 Å². The Kier molecular flexibility index (Phi) is 9.90. The van der Waals surface area contributed by atoms with Crippen LogP contribution in [0.2, 0.25) is 0 Å². The topological polar surface area (TPSA) is 34.1 Å². The Balaban J connectivity index is 3.65. The molecule has 0 saturated carbocycles. The summed E-state index contributed by atoms with van der Waals surface area (Å²) in [6.45, 7) is 8.23. The van der Waals surface area contributed by atoms with E-state index in [1.165, 1.54) is 0 Å². The molecule has 2 nitrogen and oxygen atoms in total. The van der Waals surface area contributed by atoms with Gasteiger partial charge in [0.1, 0.15) is 11.6 Å². The molecule has 2 atom stereocenters. The summed E-state index contributed by atoms with van der Waals surface area (Å²) in [6, 6.07) is 0. The van der Waals surface area contributed by atoms with E-state index in [1.54, 1.807) is 6.92 Å². The third-order valence-corrected chi connectivity index (χ3v) is 3.85. The van der Waals surface area contributed by atoms with Crippen LogP contribution in [0.4, 0.5) is 0 Å². The predicted molar refractivity (Wildman–Crippen MR) is 76.6 cm³/mol. The molecule has 0 bridgehead atoms. The van der Waals surface area contributed by atoms with Gasteiger partial charge in [0, 0.05) is 19.3 Å². The Hall–Kier alpha value is -0.660. The molecule has 0 rings (SSSR count). The Labute approximate surface area is 113 Å². The van der Waals surface area contributed by atoms with Crippen LogP contribution in [0.25, 0.3) is 0 Å². The van der Waals surface area contributed by atoms with Gasteiger partial charge in [-0.3, -0.25) is 4.79 Å². The minimum Gasteiger partial charge on any atom is -0.300 e. The quantitative estimate of drug-likeness (QED) is 0.542. The summed E-state index contributed by atoms with van der Waals surface area (Å²) in [7, 11) is 0. The molecule has 0 aliphatic rings. The van der Waals surface area contributed by atoms with Crippen molar-refractivity contribution in [3.8, 4) is 0 Å². The van der Waals surface area contributed by atoms with Gasteiger partial charge in [-0.25, -0.2) is 0 Å². The maximum Gasteiger partial charge on any atom is 0.132 e. The molecular weight excluding hydrogens is 224 g/mol. The number of Topliss-reactive ketones (excluding diaryl/α,β-unsaturated/α-hetero) is 2. The first-order valence-corrected chi connectivity index (χ1v) is 7.48. The van der Waals surface area contributed by atoms with Crippen LogP contribution in [0.15, 0.2) is 0 Å². The Morgan fingerprint density at radius 1 is 0.889 bits per heavy atom. The molecule has 0 aromatic carbocycles. The van der Waals surface area contributed by atoms with E-state index in [9.17, 15) is 9.59 Å². The number of carbonyl (C=O) groups excluding carboxylic acids is 2. The highest BCUT2D eigenvalue weighted by atomic mass is 16.1. The van der Waals surface area contributed by atoms with Gasteiger partial charge in [-0.2, -0.15) is 0 Å². The van der Waals surface area contributed by atoms with E-state index in [4.69, 9.17) is 0 Å². The summed E-state index contributed by atoms with van der Waals surface area (Å²) >= 11 is 0. The van der Waals surface area contributed by atoms with Gasteiger partial charge in [0.05, 0.1) is 0 Å². The van der Waals surface area contributed by atoms with Crippen LogP contribution < -0.4 is 0 Å². The zero-order valence-electron chi connectivity index (χ0n) is 12.6. The van der Waals surface area contributed by atoms with Crippen molar-refractivity contribution in [2.45, 2.75) is 79.1 Å². The summed E-state index contributed by atoms with van der Waals surface area (Å²) in [5.74, 6) is 1.90. The predicted octanol–water partition coefficient (Wildman–Crippen LogP) is 4.56. The fourth-order valence-electron chi connectivity index (χ4n) is 2.12. The van der Waals surface area contributed by atoms with E-state index in [0.29, 0.717) is 24.0 Å². The highest BCUT2D eigenvalue weighted by molar-refractivity contribution is 5.78. The van der Waals surface area contributed by atoms with Crippen molar-refractivity contribution >= 4 is 11.6 Å². The van der Waals surface area contributed by atoms with Crippen molar-refractivity contribution in [1.29, 1.82) is 0 Å². The molecule has 0 heterocycles. The lowest BCUT2D eigenvalue weighted by molar-refractivity contribution is -0.119. The first kappa shape index (κ1) is 17.3. The molecule has 0 amide bonds. The molecule has 0 spiro atoms. The van der Waals surface area contributed by atoms with E-state index < -0.39 is 0 Å². The number of unbranched alkanes of at least 4 members (excludes halogenated alkanes) is 1. The standard InChI is InChI=1S/C16H30O2/c1-5-6-9-16(18)10-7-8-13(2)14(3)11-12-15(4)17/h13-14H,5-12H2,1-4H3. The highest BCUT2D eigenvalue weighted by Gasteiger charge is 2.13. The normalized spacial score (nSPS) is 14.2. The summed E-state index contributed by atoms with van der Waals surface area (Å²) in [5, 5.41) is 0. The highest BCUT2D eigenvalue weighted by Crippen LogP contribution is 2.22. The fraction of sp³-hybridized carbons (Fsp3) is 0.875. The lowest BCUT2D eigenvalue weighted by atomic mass is 9.87. The molecule has 0 aromatic heterocycles. The number of rotatable bonds is 11. The van der Waals surface area contributed by atoms with Gasteiger partial charge in [-0.1, -0.05) is 33.6 Å². The molecule has 0 aliphatic carbocycles. The van der Waals surface area contributed by atoms with Crippen molar-refractivity contribution in [3.05, 3.63) is 0 Å². The van der Waals surface area contributed by atoms with Crippen LogP contribution in [-0.2, 0) is 9.59 Å². The molecule has 0 saturated heterocycles. The van der Waals surface area contributed by atoms with Gasteiger partial charge in [-0.05, 0) is 38.0 Å². The SMILES string of the molecule is CCCCC(=O)CCCC(C)C(C)CCC(C)=O. The first-order valence-electron chi connectivity index (χ1n) is 7.48. The van der Waals surface area contributed by atoms with Gasteiger partial charge in [0.2, 0.25) is 0 Å². The summed E-state index contributed by atoms with van der Waals surface area (Å²) in [5.41, 5.74) is 0. The Morgan fingerprint density at radius 2 is 1.44 bits per heavy atom. The fourth-order valence-corrected chi connectivity index (χ4v) is 2.12. The second kappa shape index (κ2) is 10.3.